The molecule has 0 fully saturated rings. The molecule has 0 aromatic carbocycles. The standard InChI is InChI=1S/C23H48NO2/c1-4-5-6-7-8-9-10-11-12-13-14-15-16-17-19-23(26)22-24(2,3)20-18-21-25/h25H,4-22H2,1-3H3/q+1. The number of hydrogen-bond donors (Lipinski definition) is 1. The van der Waals surface area contributed by atoms with Crippen molar-refractivity contribution in [3.05, 3.63) is 0 Å². The third-order valence-corrected chi connectivity index (χ3v) is 5.34. The van der Waals surface area contributed by atoms with Gasteiger partial charge in [-0.1, -0.05) is 90.4 Å². The maximum Gasteiger partial charge on any atom is 0.186 e. The average molecular weight is 371 g/mol. The molecular formula is C23H48NO2+. The molecule has 0 saturated carbocycles. The molecule has 0 aromatic heterocycles. The van der Waals surface area contributed by atoms with Gasteiger partial charge in [-0.15, -0.1) is 0 Å². The van der Waals surface area contributed by atoms with Crippen molar-refractivity contribution in [2.24, 2.45) is 0 Å². The lowest BCUT2D eigenvalue weighted by Gasteiger charge is -2.28. The van der Waals surface area contributed by atoms with Crippen molar-refractivity contribution in [2.75, 3.05) is 33.8 Å². The summed E-state index contributed by atoms with van der Waals surface area (Å²) in [7, 11) is 4.16. The number of likely N-dealkylation sites (N-methyl/N-ethyl adjacent to an activating group) is 1. The molecular weight excluding hydrogens is 322 g/mol. The predicted molar refractivity (Wildman–Crippen MR) is 113 cm³/mol. The highest BCUT2D eigenvalue weighted by Gasteiger charge is 2.18. The Kier molecular flexibility index (Phi) is 17.7. The zero-order valence-electron chi connectivity index (χ0n) is 18.2. The number of hydrogen-bond acceptors (Lipinski definition) is 2. The van der Waals surface area contributed by atoms with Gasteiger partial charge in [0.25, 0.3) is 0 Å². The normalized spacial score (nSPS) is 11.8. The van der Waals surface area contributed by atoms with Crippen LogP contribution in [0.4, 0.5) is 0 Å². The first-order chi connectivity index (χ1) is 12.5. The van der Waals surface area contributed by atoms with Crippen LogP contribution in [-0.2, 0) is 4.79 Å². The number of carbonyl (C=O) groups is 1. The van der Waals surface area contributed by atoms with Crippen molar-refractivity contribution in [1.82, 2.24) is 0 Å². The van der Waals surface area contributed by atoms with Crippen LogP contribution in [0, 0.1) is 0 Å². The second-order valence-electron chi connectivity index (χ2n) is 8.78. The van der Waals surface area contributed by atoms with Gasteiger partial charge in [-0.3, -0.25) is 4.79 Å². The number of aliphatic hydroxyl groups excluding tert-OH is 1. The van der Waals surface area contributed by atoms with Crippen molar-refractivity contribution >= 4 is 5.78 Å². The fourth-order valence-electron chi connectivity index (χ4n) is 3.65. The van der Waals surface area contributed by atoms with E-state index in [1.165, 1.54) is 83.5 Å². The highest BCUT2D eigenvalue weighted by Crippen LogP contribution is 2.13. The monoisotopic (exact) mass is 370 g/mol. The van der Waals surface area contributed by atoms with Gasteiger partial charge < -0.3 is 9.59 Å². The molecule has 26 heavy (non-hydrogen) atoms. The lowest BCUT2D eigenvalue weighted by molar-refractivity contribution is -0.882. The van der Waals surface area contributed by atoms with Gasteiger partial charge in [0, 0.05) is 19.4 Å². The van der Waals surface area contributed by atoms with E-state index >= 15 is 0 Å². The summed E-state index contributed by atoms with van der Waals surface area (Å²) in [6.45, 7) is 3.98. The number of aliphatic hydroxyl groups is 1. The van der Waals surface area contributed by atoms with Gasteiger partial charge in [-0.25, -0.2) is 0 Å². The first-order valence-electron chi connectivity index (χ1n) is 11.5. The summed E-state index contributed by atoms with van der Waals surface area (Å²) < 4.78 is 0.706. The molecule has 0 aliphatic heterocycles. The Balaban J connectivity index is 3.31. The fourth-order valence-corrected chi connectivity index (χ4v) is 3.65. The summed E-state index contributed by atoms with van der Waals surface area (Å²) in [5, 5.41) is 8.91. The maximum absolute atomic E-state index is 12.1. The molecule has 3 nitrogen and oxygen atoms in total. The fraction of sp³-hybridized carbons (Fsp3) is 0.957. The van der Waals surface area contributed by atoms with Gasteiger partial charge >= 0.3 is 0 Å². The van der Waals surface area contributed by atoms with Crippen LogP contribution in [0.25, 0.3) is 0 Å². The van der Waals surface area contributed by atoms with E-state index in [0.29, 0.717) is 16.8 Å². The van der Waals surface area contributed by atoms with Crippen LogP contribution in [0.2, 0.25) is 0 Å². The number of nitrogens with zero attached hydrogens (tertiary/aromatic N) is 1. The molecule has 0 spiro atoms. The third-order valence-electron chi connectivity index (χ3n) is 5.34. The largest absolute Gasteiger partial charge is 0.396 e. The van der Waals surface area contributed by atoms with E-state index < -0.39 is 0 Å². The minimum atomic E-state index is 0.217. The molecule has 0 aromatic rings. The SMILES string of the molecule is CCCCCCCCCCCCCCCCC(=O)C[N+](C)(C)CCCO. The van der Waals surface area contributed by atoms with Crippen molar-refractivity contribution in [2.45, 2.75) is 110 Å². The highest BCUT2D eigenvalue weighted by atomic mass is 16.3. The van der Waals surface area contributed by atoms with Crippen molar-refractivity contribution in [3.63, 3.8) is 0 Å². The maximum atomic E-state index is 12.1. The van der Waals surface area contributed by atoms with E-state index in [2.05, 4.69) is 21.0 Å². The molecule has 1 N–H and O–H groups in total. The van der Waals surface area contributed by atoms with E-state index in [1.807, 2.05) is 0 Å². The first kappa shape index (κ1) is 25.6. The van der Waals surface area contributed by atoms with Gasteiger partial charge in [0.1, 0.15) is 6.54 Å². The van der Waals surface area contributed by atoms with E-state index in [-0.39, 0.29) is 6.61 Å². The van der Waals surface area contributed by atoms with Gasteiger partial charge in [0.2, 0.25) is 0 Å². The topological polar surface area (TPSA) is 37.3 Å². The second-order valence-corrected chi connectivity index (χ2v) is 8.78. The summed E-state index contributed by atoms with van der Waals surface area (Å²) in [5.74, 6) is 0.381. The minimum Gasteiger partial charge on any atom is -0.396 e. The summed E-state index contributed by atoms with van der Waals surface area (Å²) >= 11 is 0. The summed E-state index contributed by atoms with van der Waals surface area (Å²) in [4.78, 5) is 12.1. The van der Waals surface area contributed by atoms with Crippen molar-refractivity contribution in [3.8, 4) is 0 Å². The zero-order valence-corrected chi connectivity index (χ0v) is 18.2. The van der Waals surface area contributed by atoms with E-state index in [1.54, 1.807) is 0 Å². The van der Waals surface area contributed by atoms with Gasteiger partial charge in [-0.05, 0) is 6.42 Å². The van der Waals surface area contributed by atoms with Crippen molar-refractivity contribution < 1.29 is 14.4 Å². The summed E-state index contributed by atoms with van der Waals surface area (Å²) in [6.07, 6.45) is 20.5. The van der Waals surface area contributed by atoms with Crippen molar-refractivity contribution in [1.29, 1.82) is 0 Å². The molecule has 0 rings (SSSR count). The average Bonchev–Trinajstić information content (AvgIpc) is 2.60. The summed E-state index contributed by atoms with van der Waals surface area (Å²) in [5.41, 5.74) is 0. The van der Waals surface area contributed by atoms with E-state index in [4.69, 9.17) is 5.11 Å². The Morgan fingerprint density at radius 1 is 0.692 bits per heavy atom. The Bertz CT molecular complexity index is 315. The van der Waals surface area contributed by atoms with Crippen LogP contribution < -0.4 is 0 Å². The number of unbranched alkanes of at least 4 members (excludes halogenated alkanes) is 13. The van der Waals surface area contributed by atoms with Crippen LogP contribution in [-0.4, -0.2) is 49.2 Å². The lowest BCUT2D eigenvalue weighted by Crippen LogP contribution is -2.44. The molecule has 0 bridgehead atoms. The Morgan fingerprint density at radius 3 is 1.54 bits per heavy atom. The predicted octanol–water partition coefficient (Wildman–Crippen LogP) is 5.89. The molecule has 0 unspecified atom stereocenters. The van der Waals surface area contributed by atoms with Crippen LogP contribution in [0.3, 0.4) is 0 Å². The minimum absolute atomic E-state index is 0.217. The number of quaternary nitrogens is 1. The number of ketones is 1. The highest BCUT2D eigenvalue weighted by molar-refractivity contribution is 5.79. The van der Waals surface area contributed by atoms with Gasteiger partial charge in [0.05, 0.1) is 20.6 Å². The Labute approximate surface area is 164 Å². The zero-order chi connectivity index (χ0) is 19.5. The Morgan fingerprint density at radius 2 is 1.12 bits per heavy atom. The third kappa shape index (κ3) is 18.4. The second kappa shape index (κ2) is 18.0. The van der Waals surface area contributed by atoms with Gasteiger partial charge in [-0.2, -0.15) is 0 Å². The molecule has 0 aliphatic rings. The molecule has 0 radical (unpaired) electrons. The lowest BCUT2D eigenvalue weighted by atomic mass is 10.0. The van der Waals surface area contributed by atoms with Crippen LogP contribution in [0.15, 0.2) is 0 Å². The first-order valence-corrected chi connectivity index (χ1v) is 11.5. The summed E-state index contributed by atoms with van der Waals surface area (Å²) in [6, 6.07) is 0. The number of rotatable bonds is 20. The molecule has 0 amide bonds. The number of Topliss-reactive ketones (excluding diaryl/α,β-unsaturated/α-hetero) is 1. The van der Waals surface area contributed by atoms with Crippen LogP contribution >= 0.6 is 0 Å². The van der Waals surface area contributed by atoms with E-state index in [0.717, 1.165) is 25.8 Å². The van der Waals surface area contributed by atoms with Crippen LogP contribution in [0.1, 0.15) is 110 Å². The van der Waals surface area contributed by atoms with Gasteiger partial charge in [0.15, 0.2) is 5.78 Å². The Hall–Kier alpha value is -0.410. The molecule has 156 valence electrons. The molecule has 3 heteroatoms. The smallest absolute Gasteiger partial charge is 0.186 e. The molecule has 0 saturated heterocycles. The molecule has 0 heterocycles. The molecule has 0 atom stereocenters. The van der Waals surface area contributed by atoms with E-state index in [9.17, 15) is 4.79 Å². The van der Waals surface area contributed by atoms with Crippen LogP contribution in [0.5, 0.6) is 0 Å². The number of carbonyl (C=O) groups excluding carboxylic acids is 1. The molecule has 0 aliphatic carbocycles. The quantitative estimate of drug-likeness (QED) is 0.214.